The molecular weight excluding hydrogens is 238 g/mol. The zero-order valence-electron chi connectivity index (χ0n) is 12.1. The first kappa shape index (κ1) is 14.1. The van der Waals surface area contributed by atoms with Gasteiger partial charge in [-0.05, 0) is 29.5 Å². The van der Waals surface area contributed by atoms with Crippen molar-refractivity contribution in [1.82, 2.24) is 4.90 Å². The van der Waals surface area contributed by atoms with Crippen LogP contribution in [-0.4, -0.2) is 37.1 Å². The Bertz CT molecular complexity index is 431. The summed E-state index contributed by atoms with van der Waals surface area (Å²) in [5.41, 5.74) is 2.23. The Morgan fingerprint density at radius 2 is 1.79 bits per heavy atom. The average molecular weight is 261 g/mol. The first-order valence-corrected chi connectivity index (χ1v) is 7.02. The second-order valence-electron chi connectivity index (χ2n) is 5.72. The number of carbonyl (C=O) groups excluding carboxylic acids is 1. The molecule has 0 spiro atoms. The Kier molecular flexibility index (Phi) is 4.25. The molecule has 1 fully saturated rings. The van der Waals surface area contributed by atoms with Crippen LogP contribution in [-0.2, 0) is 10.2 Å². The van der Waals surface area contributed by atoms with Crippen LogP contribution in [0, 0.1) is 0 Å². The molecule has 3 nitrogen and oxygen atoms in total. The fourth-order valence-electron chi connectivity index (χ4n) is 2.22. The first-order valence-electron chi connectivity index (χ1n) is 7.02. The topological polar surface area (TPSA) is 29.5 Å². The minimum atomic E-state index is 0.115. The highest BCUT2D eigenvalue weighted by molar-refractivity contribution is 5.94. The molecule has 104 valence electrons. The highest BCUT2D eigenvalue weighted by atomic mass is 16.5. The van der Waals surface area contributed by atoms with Crippen molar-refractivity contribution in [3.63, 3.8) is 0 Å². The van der Waals surface area contributed by atoms with Crippen LogP contribution in [0.25, 0.3) is 0 Å². The van der Waals surface area contributed by atoms with Crippen molar-refractivity contribution in [1.29, 1.82) is 0 Å². The minimum Gasteiger partial charge on any atom is -0.378 e. The molecule has 0 unspecified atom stereocenters. The van der Waals surface area contributed by atoms with Gasteiger partial charge in [-0.2, -0.15) is 0 Å². The van der Waals surface area contributed by atoms with Gasteiger partial charge in [0.1, 0.15) is 0 Å². The summed E-state index contributed by atoms with van der Waals surface area (Å²) in [5, 5.41) is 0. The van der Waals surface area contributed by atoms with E-state index in [-0.39, 0.29) is 11.3 Å². The van der Waals surface area contributed by atoms with E-state index in [1.54, 1.807) is 0 Å². The average Bonchev–Trinajstić information content (AvgIpc) is 2.47. The number of hydrogen-bond acceptors (Lipinski definition) is 2. The zero-order chi connectivity index (χ0) is 13.9. The summed E-state index contributed by atoms with van der Waals surface area (Å²) < 4.78 is 5.27. The van der Waals surface area contributed by atoms with E-state index >= 15 is 0 Å². The van der Waals surface area contributed by atoms with Gasteiger partial charge in [0.05, 0.1) is 13.2 Å². The number of hydrogen-bond donors (Lipinski definition) is 0. The van der Waals surface area contributed by atoms with Gasteiger partial charge < -0.3 is 9.64 Å². The van der Waals surface area contributed by atoms with Gasteiger partial charge in [-0.1, -0.05) is 32.9 Å². The molecule has 3 heteroatoms. The monoisotopic (exact) mass is 261 g/mol. The van der Waals surface area contributed by atoms with Gasteiger partial charge in [0, 0.05) is 18.7 Å². The number of benzene rings is 1. The van der Waals surface area contributed by atoms with E-state index in [0.29, 0.717) is 26.3 Å². The molecule has 0 aromatic heterocycles. The molecule has 1 aliphatic heterocycles. The zero-order valence-corrected chi connectivity index (χ0v) is 12.1. The number of amides is 1. The maximum absolute atomic E-state index is 12.3. The summed E-state index contributed by atoms with van der Waals surface area (Å²) in [4.78, 5) is 14.2. The lowest BCUT2D eigenvalue weighted by molar-refractivity contribution is 0.0303. The molecule has 2 rings (SSSR count). The highest BCUT2D eigenvalue weighted by Gasteiger charge is 2.21. The first-order chi connectivity index (χ1) is 9.04. The van der Waals surface area contributed by atoms with Gasteiger partial charge in [0.25, 0.3) is 5.91 Å². The van der Waals surface area contributed by atoms with E-state index in [1.165, 1.54) is 5.56 Å². The smallest absolute Gasteiger partial charge is 0.254 e. The summed E-state index contributed by atoms with van der Waals surface area (Å²) in [6.45, 7) is 9.33. The minimum absolute atomic E-state index is 0.115. The Balaban J connectivity index is 2.11. The summed E-state index contributed by atoms with van der Waals surface area (Å²) >= 11 is 0. The summed E-state index contributed by atoms with van der Waals surface area (Å²) in [5.74, 6) is 0.115. The molecular formula is C16H23NO2. The molecule has 1 aliphatic rings. The summed E-state index contributed by atoms with van der Waals surface area (Å²) in [6.07, 6.45) is 1.09. The van der Waals surface area contributed by atoms with Crippen LogP contribution in [0.15, 0.2) is 24.3 Å². The number of rotatable bonds is 3. The van der Waals surface area contributed by atoms with Gasteiger partial charge in [0.2, 0.25) is 0 Å². The highest BCUT2D eigenvalue weighted by Crippen LogP contribution is 2.26. The lowest BCUT2D eigenvalue weighted by Gasteiger charge is -2.27. The van der Waals surface area contributed by atoms with Crippen LogP contribution in [0.3, 0.4) is 0 Å². The lowest BCUT2D eigenvalue weighted by atomic mass is 9.82. The predicted molar refractivity (Wildman–Crippen MR) is 76.5 cm³/mol. The van der Waals surface area contributed by atoms with Crippen molar-refractivity contribution in [2.75, 3.05) is 26.3 Å². The molecule has 0 radical (unpaired) electrons. The van der Waals surface area contributed by atoms with Crippen molar-refractivity contribution < 1.29 is 9.53 Å². The van der Waals surface area contributed by atoms with Gasteiger partial charge in [-0.15, -0.1) is 0 Å². The van der Waals surface area contributed by atoms with Crippen LogP contribution in [0.1, 0.15) is 43.1 Å². The third kappa shape index (κ3) is 3.16. The number of ether oxygens (including phenoxy) is 1. The Morgan fingerprint density at radius 3 is 2.32 bits per heavy atom. The molecule has 0 atom stereocenters. The molecule has 1 aromatic rings. The molecule has 1 saturated heterocycles. The van der Waals surface area contributed by atoms with Crippen LogP contribution in [0.2, 0.25) is 0 Å². The Morgan fingerprint density at radius 1 is 1.21 bits per heavy atom. The van der Waals surface area contributed by atoms with Crippen molar-refractivity contribution >= 4 is 5.91 Å². The predicted octanol–water partition coefficient (Wildman–Crippen LogP) is 2.85. The normalized spacial score (nSPS) is 16.5. The SMILES string of the molecule is CCC(C)(C)c1ccc(C(=O)N2CCOCC2)cc1. The summed E-state index contributed by atoms with van der Waals surface area (Å²) in [7, 11) is 0. The maximum atomic E-state index is 12.3. The van der Waals surface area contributed by atoms with Gasteiger partial charge >= 0.3 is 0 Å². The van der Waals surface area contributed by atoms with Crippen LogP contribution < -0.4 is 0 Å². The molecule has 1 heterocycles. The number of nitrogens with zero attached hydrogens (tertiary/aromatic N) is 1. The van der Waals surface area contributed by atoms with Crippen LogP contribution >= 0.6 is 0 Å². The summed E-state index contributed by atoms with van der Waals surface area (Å²) in [6, 6.07) is 8.06. The van der Waals surface area contributed by atoms with E-state index in [2.05, 4.69) is 32.9 Å². The van der Waals surface area contributed by atoms with E-state index in [1.807, 2.05) is 17.0 Å². The quantitative estimate of drug-likeness (QED) is 0.837. The van der Waals surface area contributed by atoms with Crippen molar-refractivity contribution in [3.05, 3.63) is 35.4 Å². The third-order valence-corrected chi connectivity index (χ3v) is 4.10. The molecule has 1 amide bonds. The van der Waals surface area contributed by atoms with E-state index in [4.69, 9.17) is 4.74 Å². The molecule has 0 N–H and O–H groups in total. The number of morpholine rings is 1. The van der Waals surface area contributed by atoms with Crippen molar-refractivity contribution in [3.8, 4) is 0 Å². The van der Waals surface area contributed by atoms with E-state index in [9.17, 15) is 4.79 Å². The molecule has 19 heavy (non-hydrogen) atoms. The molecule has 0 bridgehead atoms. The fourth-order valence-corrected chi connectivity index (χ4v) is 2.22. The van der Waals surface area contributed by atoms with Crippen molar-refractivity contribution in [2.45, 2.75) is 32.6 Å². The fraction of sp³-hybridized carbons (Fsp3) is 0.562. The van der Waals surface area contributed by atoms with Crippen molar-refractivity contribution in [2.24, 2.45) is 0 Å². The Hall–Kier alpha value is -1.35. The van der Waals surface area contributed by atoms with Gasteiger partial charge in [-0.3, -0.25) is 4.79 Å². The molecule has 0 aliphatic carbocycles. The maximum Gasteiger partial charge on any atom is 0.254 e. The third-order valence-electron chi connectivity index (χ3n) is 4.10. The molecule has 1 aromatic carbocycles. The standard InChI is InChI=1S/C16H23NO2/c1-4-16(2,3)14-7-5-13(6-8-14)15(18)17-9-11-19-12-10-17/h5-8H,4,9-12H2,1-3H3. The second-order valence-corrected chi connectivity index (χ2v) is 5.72. The van der Waals surface area contributed by atoms with E-state index < -0.39 is 0 Å². The van der Waals surface area contributed by atoms with Crippen LogP contribution in [0.5, 0.6) is 0 Å². The largest absolute Gasteiger partial charge is 0.378 e. The van der Waals surface area contributed by atoms with Gasteiger partial charge in [0.15, 0.2) is 0 Å². The Labute approximate surface area is 115 Å². The second kappa shape index (κ2) is 5.74. The van der Waals surface area contributed by atoms with E-state index in [0.717, 1.165) is 12.0 Å². The number of carbonyl (C=O) groups is 1. The van der Waals surface area contributed by atoms with Crippen LogP contribution in [0.4, 0.5) is 0 Å². The lowest BCUT2D eigenvalue weighted by Crippen LogP contribution is -2.40. The van der Waals surface area contributed by atoms with Gasteiger partial charge in [-0.25, -0.2) is 0 Å². The molecule has 0 saturated carbocycles.